The van der Waals surface area contributed by atoms with Crippen LogP contribution in [-0.2, 0) is 19.1 Å². The van der Waals surface area contributed by atoms with Gasteiger partial charge in [-0.15, -0.1) is 0 Å². The minimum Gasteiger partial charge on any atom is -0.457 e. The summed E-state index contributed by atoms with van der Waals surface area (Å²) in [6, 6.07) is 0. The van der Waals surface area contributed by atoms with Crippen molar-refractivity contribution in [1.82, 2.24) is 0 Å². The maximum atomic E-state index is 11.7. The minimum absolute atomic E-state index is 0.218. The summed E-state index contributed by atoms with van der Waals surface area (Å²) in [5, 5.41) is 0. The Morgan fingerprint density at radius 2 is 1.87 bits per heavy atom. The molecule has 2 N–H and O–H groups in total. The van der Waals surface area contributed by atoms with Crippen LogP contribution in [0.4, 0.5) is 0 Å². The molecule has 0 saturated heterocycles. The molecule has 1 fully saturated rings. The van der Waals surface area contributed by atoms with Crippen molar-refractivity contribution in [2.24, 2.45) is 5.73 Å². The molecule has 0 unspecified atom stereocenters. The van der Waals surface area contributed by atoms with Crippen molar-refractivity contribution >= 4 is 11.9 Å². The fourth-order valence-corrected chi connectivity index (χ4v) is 1.09. The molecule has 5 heteroatoms. The number of hydrogen-bond donors (Lipinski definition) is 1. The van der Waals surface area contributed by atoms with Gasteiger partial charge >= 0.3 is 11.9 Å². The fraction of sp³-hybridized carbons (Fsp3) is 0.800. The van der Waals surface area contributed by atoms with Crippen molar-refractivity contribution in [2.45, 2.75) is 44.8 Å². The van der Waals surface area contributed by atoms with Crippen LogP contribution in [0.15, 0.2) is 0 Å². The van der Waals surface area contributed by atoms with Crippen molar-refractivity contribution in [3.63, 3.8) is 0 Å². The summed E-state index contributed by atoms with van der Waals surface area (Å²) in [5.74, 6) is -1.05. The number of carbonyl (C=O) groups excluding carboxylic acids is 2. The first-order chi connectivity index (χ1) is 6.79. The zero-order valence-electron chi connectivity index (χ0n) is 9.33. The average Bonchev–Trinajstić information content (AvgIpc) is 2.82. The second-order valence-corrected chi connectivity index (χ2v) is 4.67. The van der Waals surface area contributed by atoms with E-state index >= 15 is 0 Å². The molecule has 0 aliphatic heterocycles. The average molecular weight is 215 g/mol. The zero-order valence-corrected chi connectivity index (χ0v) is 9.33. The normalized spacial score (nSPS) is 18.1. The van der Waals surface area contributed by atoms with Crippen LogP contribution in [0.25, 0.3) is 0 Å². The lowest BCUT2D eigenvalue weighted by Gasteiger charge is -2.23. The van der Waals surface area contributed by atoms with Crippen molar-refractivity contribution in [2.75, 3.05) is 6.54 Å². The highest BCUT2D eigenvalue weighted by molar-refractivity contribution is 5.87. The predicted molar refractivity (Wildman–Crippen MR) is 53.0 cm³/mol. The molecule has 0 heterocycles. The lowest BCUT2D eigenvalue weighted by Crippen LogP contribution is -2.37. The van der Waals surface area contributed by atoms with E-state index in [-0.39, 0.29) is 6.54 Å². The van der Waals surface area contributed by atoms with Gasteiger partial charge in [0.05, 0.1) is 6.54 Å². The van der Waals surface area contributed by atoms with Crippen LogP contribution in [0.1, 0.15) is 33.6 Å². The van der Waals surface area contributed by atoms with Crippen LogP contribution in [0.5, 0.6) is 0 Å². The lowest BCUT2D eigenvalue weighted by atomic mass is 10.2. The fourth-order valence-electron chi connectivity index (χ4n) is 1.09. The van der Waals surface area contributed by atoms with Gasteiger partial charge in [0, 0.05) is 12.8 Å². The highest BCUT2D eigenvalue weighted by Crippen LogP contribution is 2.41. The van der Waals surface area contributed by atoms with E-state index in [2.05, 4.69) is 0 Å². The van der Waals surface area contributed by atoms with Crippen molar-refractivity contribution in [3.05, 3.63) is 0 Å². The largest absolute Gasteiger partial charge is 0.457 e. The Morgan fingerprint density at radius 1 is 1.33 bits per heavy atom. The first kappa shape index (κ1) is 12.0. The SMILES string of the molecule is CC(C)(C)OC(=O)C1(OC(=O)CN)CC1. The Labute approximate surface area is 88.9 Å². The highest BCUT2D eigenvalue weighted by atomic mass is 16.6. The van der Waals surface area contributed by atoms with E-state index in [0.29, 0.717) is 12.8 Å². The van der Waals surface area contributed by atoms with Crippen molar-refractivity contribution < 1.29 is 19.1 Å². The Bertz CT molecular complexity index is 276. The second-order valence-electron chi connectivity index (χ2n) is 4.67. The summed E-state index contributed by atoms with van der Waals surface area (Å²) < 4.78 is 10.1. The van der Waals surface area contributed by atoms with Crippen LogP contribution in [-0.4, -0.2) is 29.7 Å². The molecular formula is C10H17NO4. The van der Waals surface area contributed by atoms with E-state index < -0.39 is 23.1 Å². The molecule has 0 atom stereocenters. The smallest absolute Gasteiger partial charge is 0.351 e. The van der Waals surface area contributed by atoms with Gasteiger partial charge in [-0.2, -0.15) is 0 Å². The number of nitrogens with two attached hydrogens (primary N) is 1. The molecule has 0 aromatic rings. The minimum atomic E-state index is -1.05. The van der Waals surface area contributed by atoms with Gasteiger partial charge in [0.25, 0.3) is 0 Å². The molecule has 86 valence electrons. The third kappa shape index (κ3) is 3.20. The third-order valence-electron chi connectivity index (χ3n) is 1.95. The van der Waals surface area contributed by atoms with Gasteiger partial charge in [-0.1, -0.05) is 0 Å². The first-order valence-corrected chi connectivity index (χ1v) is 4.94. The Kier molecular flexibility index (Phi) is 3.04. The summed E-state index contributed by atoms with van der Waals surface area (Å²) >= 11 is 0. The molecule has 0 aromatic carbocycles. The van der Waals surface area contributed by atoms with Crippen LogP contribution in [0.3, 0.4) is 0 Å². The van der Waals surface area contributed by atoms with E-state index in [1.807, 2.05) is 0 Å². The van der Waals surface area contributed by atoms with E-state index in [9.17, 15) is 9.59 Å². The molecule has 1 rings (SSSR count). The molecule has 0 spiro atoms. The predicted octanol–water partition coefficient (Wildman–Crippen LogP) is 0.363. The zero-order chi connectivity index (χ0) is 11.7. The van der Waals surface area contributed by atoms with Gasteiger partial charge in [-0.05, 0) is 20.8 Å². The number of carbonyl (C=O) groups is 2. The topological polar surface area (TPSA) is 78.6 Å². The Hall–Kier alpha value is -1.10. The molecule has 15 heavy (non-hydrogen) atoms. The molecule has 0 radical (unpaired) electrons. The van der Waals surface area contributed by atoms with Gasteiger partial charge in [-0.25, -0.2) is 4.79 Å². The van der Waals surface area contributed by atoms with E-state index in [1.54, 1.807) is 20.8 Å². The number of ether oxygens (including phenoxy) is 2. The van der Waals surface area contributed by atoms with Gasteiger partial charge in [0.2, 0.25) is 5.60 Å². The van der Waals surface area contributed by atoms with Crippen LogP contribution < -0.4 is 5.73 Å². The highest BCUT2D eigenvalue weighted by Gasteiger charge is 2.56. The maximum Gasteiger partial charge on any atom is 0.351 e. The molecule has 5 nitrogen and oxygen atoms in total. The van der Waals surface area contributed by atoms with Gasteiger partial charge in [0.15, 0.2) is 0 Å². The standard InChI is InChI=1S/C10H17NO4/c1-9(2,3)15-8(13)10(4-5-10)14-7(12)6-11/h4-6,11H2,1-3H3. The van der Waals surface area contributed by atoms with Crippen LogP contribution in [0.2, 0.25) is 0 Å². The van der Waals surface area contributed by atoms with Crippen LogP contribution in [0, 0.1) is 0 Å². The molecular weight excluding hydrogens is 198 g/mol. The molecule has 0 aromatic heterocycles. The molecule has 0 bridgehead atoms. The third-order valence-corrected chi connectivity index (χ3v) is 1.95. The van der Waals surface area contributed by atoms with Crippen molar-refractivity contribution in [3.8, 4) is 0 Å². The van der Waals surface area contributed by atoms with Gasteiger partial charge in [0.1, 0.15) is 5.60 Å². The monoisotopic (exact) mass is 215 g/mol. The van der Waals surface area contributed by atoms with Gasteiger partial charge in [-0.3, -0.25) is 4.79 Å². The van der Waals surface area contributed by atoms with Crippen LogP contribution >= 0.6 is 0 Å². The Morgan fingerprint density at radius 3 is 2.20 bits per heavy atom. The summed E-state index contributed by atoms with van der Waals surface area (Å²) in [6.45, 7) is 5.09. The molecule has 1 aliphatic carbocycles. The Balaban J connectivity index is 2.55. The summed E-state index contributed by atoms with van der Waals surface area (Å²) in [5.41, 5.74) is 3.49. The second kappa shape index (κ2) is 3.81. The maximum absolute atomic E-state index is 11.7. The quantitative estimate of drug-likeness (QED) is 0.688. The molecule has 1 saturated carbocycles. The molecule has 0 amide bonds. The van der Waals surface area contributed by atoms with E-state index in [1.165, 1.54) is 0 Å². The summed E-state index contributed by atoms with van der Waals surface area (Å²) in [6.07, 6.45) is 1.04. The number of rotatable bonds is 3. The van der Waals surface area contributed by atoms with Gasteiger partial charge < -0.3 is 15.2 Å². The number of hydrogen-bond acceptors (Lipinski definition) is 5. The summed E-state index contributed by atoms with van der Waals surface area (Å²) in [4.78, 5) is 22.6. The van der Waals surface area contributed by atoms with E-state index in [4.69, 9.17) is 15.2 Å². The molecule has 1 aliphatic rings. The first-order valence-electron chi connectivity index (χ1n) is 4.94. The van der Waals surface area contributed by atoms with Crippen molar-refractivity contribution in [1.29, 1.82) is 0 Å². The van der Waals surface area contributed by atoms with E-state index in [0.717, 1.165) is 0 Å². The number of esters is 2. The summed E-state index contributed by atoms with van der Waals surface area (Å²) in [7, 11) is 0. The lowest BCUT2D eigenvalue weighted by molar-refractivity contribution is -0.178.